The van der Waals surface area contributed by atoms with Gasteiger partial charge in [-0.15, -0.1) is 0 Å². The van der Waals surface area contributed by atoms with Gasteiger partial charge >= 0.3 is 6.18 Å². The van der Waals surface area contributed by atoms with E-state index in [1.54, 1.807) is 23.1 Å². The first-order valence-corrected chi connectivity index (χ1v) is 9.49. The van der Waals surface area contributed by atoms with Crippen LogP contribution in [0.1, 0.15) is 36.2 Å². The van der Waals surface area contributed by atoms with Gasteiger partial charge in [0.2, 0.25) is 17.4 Å². The molecule has 1 fully saturated rings. The van der Waals surface area contributed by atoms with Crippen molar-refractivity contribution in [3.8, 4) is 0 Å². The maximum Gasteiger partial charge on any atom is 0.425 e. The number of imidazole rings is 1. The molecule has 7 nitrogen and oxygen atoms in total. The lowest BCUT2D eigenvalue weighted by Crippen LogP contribution is -2.47. The lowest BCUT2D eigenvalue weighted by Gasteiger charge is -2.29. The van der Waals surface area contributed by atoms with E-state index in [0.717, 1.165) is 22.7 Å². The van der Waals surface area contributed by atoms with Gasteiger partial charge in [-0.2, -0.15) is 13.2 Å². The van der Waals surface area contributed by atoms with Crippen molar-refractivity contribution in [3.05, 3.63) is 53.6 Å². The molecule has 1 aromatic heterocycles. The number of hydrogen-bond donors (Lipinski definition) is 2. The van der Waals surface area contributed by atoms with Gasteiger partial charge in [0.15, 0.2) is 5.82 Å². The van der Waals surface area contributed by atoms with E-state index in [4.69, 9.17) is 0 Å². The van der Waals surface area contributed by atoms with Crippen molar-refractivity contribution >= 4 is 11.8 Å². The Morgan fingerprint density at radius 3 is 2.63 bits per heavy atom. The monoisotopic (exact) mass is 424 g/mol. The van der Waals surface area contributed by atoms with E-state index >= 15 is 0 Å². The third-order valence-electron chi connectivity index (χ3n) is 5.10. The Bertz CT molecular complexity index is 928. The second-order valence-corrected chi connectivity index (χ2v) is 7.41. The highest BCUT2D eigenvalue weighted by Gasteiger charge is 2.58. The van der Waals surface area contributed by atoms with Crippen LogP contribution in [0.25, 0.3) is 0 Å². The maximum absolute atomic E-state index is 13.5. The summed E-state index contributed by atoms with van der Waals surface area (Å²) >= 11 is 0. The van der Waals surface area contributed by atoms with Crippen molar-refractivity contribution in [2.75, 3.05) is 6.54 Å². The SMILES string of the molecule is Cn1ccnc1C(O)(CC(=O)NCc1cccc(CN2CCCC2=O)c1)C(F)(F)F. The number of nitrogens with zero attached hydrogens (tertiary/aromatic N) is 3. The summed E-state index contributed by atoms with van der Waals surface area (Å²) in [6.45, 7) is 1.14. The number of aliphatic hydroxyl groups is 1. The molecule has 1 aliphatic rings. The number of rotatable bonds is 7. The largest absolute Gasteiger partial charge is 0.425 e. The third-order valence-corrected chi connectivity index (χ3v) is 5.10. The highest BCUT2D eigenvalue weighted by Crippen LogP contribution is 2.40. The van der Waals surface area contributed by atoms with E-state index < -0.39 is 29.9 Å². The summed E-state index contributed by atoms with van der Waals surface area (Å²) in [6.07, 6.45) is -2.53. The molecule has 2 amide bonds. The summed E-state index contributed by atoms with van der Waals surface area (Å²) in [6, 6.07) is 7.13. The number of halogens is 3. The standard InChI is InChI=1S/C20H23F3N4O3/c1-26-9-7-24-18(26)19(30,20(21,22)23)11-16(28)25-12-14-4-2-5-15(10-14)13-27-8-3-6-17(27)29/h2,4-5,7,9-10,30H,3,6,8,11-13H2,1H3,(H,25,28). The molecule has 2 aromatic rings. The number of hydrogen-bond acceptors (Lipinski definition) is 4. The summed E-state index contributed by atoms with van der Waals surface area (Å²) in [5.74, 6) is -1.52. The maximum atomic E-state index is 13.5. The van der Waals surface area contributed by atoms with E-state index in [2.05, 4.69) is 10.3 Å². The molecule has 1 aliphatic heterocycles. The molecular formula is C20H23F3N4O3. The predicted molar refractivity (Wildman–Crippen MR) is 101 cm³/mol. The Morgan fingerprint density at radius 1 is 1.30 bits per heavy atom. The highest BCUT2D eigenvalue weighted by molar-refractivity contribution is 5.78. The molecule has 0 bridgehead atoms. The molecule has 3 rings (SSSR count). The van der Waals surface area contributed by atoms with Crippen LogP contribution in [0.4, 0.5) is 13.2 Å². The Kier molecular flexibility index (Phi) is 6.16. The molecule has 0 radical (unpaired) electrons. The van der Waals surface area contributed by atoms with E-state index in [-0.39, 0.29) is 12.5 Å². The number of likely N-dealkylation sites (tertiary alicyclic amines) is 1. The van der Waals surface area contributed by atoms with Gasteiger partial charge in [-0.25, -0.2) is 4.98 Å². The van der Waals surface area contributed by atoms with Crippen molar-refractivity contribution in [3.63, 3.8) is 0 Å². The van der Waals surface area contributed by atoms with Gasteiger partial charge in [-0.1, -0.05) is 24.3 Å². The van der Waals surface area contributed by atoms with Crippen LogP contribution < -0.4 is 5.32 Å². The van der Waals surface area contributed by atoms with E-state index in [0.29, 0.717) is 25.1 Å². The van der Waals surface area contributed by atoms with Crippen molar-refractivity contribution in [1.29, 1.82) is 0 Å². The van der Waals surface area contributed by atoms with Crippen LogP contribution >= 0.6 is 0 Å². The zero-order valence-electron chi connectivity index (χ0n) is 16.4. The average molecular weight is 424 g/mol. The van der Waals surface area contributed by atoms with Crippen molar-refractivity contribution in [2.24, 2.45) is 7.05 Å². The second kappa shape index (κ2) is 8.47. The fraction of sp³-hybridized carbons (Fsp3) is 0.450. The van der Waals surface area contributed by atoms with E-state index in [9.17, 15) is 27.9 Å². The number of aromatic nitrogens is 2. The Hall–Kier alpha value is -2.88. The first-order valence-electron chi connectivity index (χ1n) is 9.49. The number of carbonyl (C=O) groups is 2. The first-order chi connectivity index (χ1) is 14.1. The van der Waals surface area contributed by atoms with Crippen LogP contribution in [-0.2, 0) is 35.3 Å². The molecule has 1 aromatic carbocycles. The molecule has 0 saturated carbocycles. The summed E-state index contributed by atoms with van der Waals surface area (Å²) < 4.78 is 41.6. The average Bonchev–Trinajstić information content (AvgIpc) is 3.28. The van der Waals surface area contributed by atoms with E-state index in [1.807, 2.05) is 6.07 Å². The molecule has 30 heavy (non-hydrogen) atoms. The summed E-state index contributed by atoms with van der Waals surface area (Å²) in [4.78, 5) is 29.3. The quantitative estimate of drug-likeness (QED) is 0.712. The summed E-state index contributed by atoms with van der Waals surface area (Å²) in [5.41, 5.74) is -1.84. The van der Waals surface area contributed by atoms with Crippen LogP contribution in [0.15, 0.2) is 36.7 Å². The zero-order chi connectivity index (χ0) is 21.9. The first kappa shape index (κ1) is 21.8. The van der Waals surface area contributed by atoms with Gasteiger partial charge in [0.1, 0.15) is 0 Å². The van der Waals surface area contributed by atoms with Gasteiger partial charge in [-0.3, -0.25) is 9.59 Å². The molecule has 0 spiro atoms. The predicted octanol–water partition coefficient (Wildman–Crippen LogP) is 2.00. The number of carbonyl (C=O) groups excluding carboxylic acids is 2. The second-order valence-electron chi connectivity index (χ2n) is 7.41. The van der Waals surface area contributed by atoms with Gasteiger partial charge in [-0.05, 0) is 17.5 Å². The molecule has 2 heterocycles. The van der Waals surface area contributed by atoms with Crippen LogP contribution in [-0.4, -0.2) is 44.1 Å². The van der Waals surface area contributed by atoms with Crippen LogP contribution in [0.3, 0.4) is 0 Å². The molecular weight excluding hydrogens is 401 g/mol. The number of benzene rings is 1. The Balaban J connectivity index is 1.64. The topological polar surface area (TPSA) is 87.5 Å². The molecule has 10 heteroatoms. The molecule has 1 saturated heterocycles. The lowest BCUT2D eigenvalue weighted by atomic mass is 9.97. The fourth-order valence-corrected chi connectivity index (χ4v) is 3.50. The van der Waals surface area contributed by atoms with Crippen molar-refractivity contribution in [1.82, 2.24) is 19.8 Å². The minimum atomic E-state index is -5.08. The Morgan fingerprint density at radius 2 is 2.03 bits per heavy atom. The van der Waals surface area contributed by atoms with Crippen LogP contribution in [0.5, 0.6) is 0 Å². The van der Waals surface area contributed by atoms with Gasteiger partial charge in [0.05, 0.1) is 6.42 Å². The number of aryl methyl sites for hydroxylation is 1. The number of alkyl halides is 3. The van der Waals surface area contributed by atoms with Crippen LogP contribution in [0.2, 0.25) is 0 Å². The highest BCUT2D eigenvalue weighted by atomic mass is 19.4. The normalized spacial score (nSPS) is 16.6. The molecule has 2 N–H and O–H groups in total. The van der Waals surface area contributed by atoms with Crippen LogP contribution in [0, 0.1) is 0 Å². The van der Waals surface area contributed by atoms with Crippen molar-refractivity contribution < 1.29 is 27.9 Å². The summed E-state index contributed by atoms with van der Waals surface area (Å²) in [7, 11) is 1.31. The number of amides is 2. The smallest absolute Gasteiger partial charge is 0.374 e. The Labute approximate surface area is 171 Å². The van der Waals surface area contributed by atoms with Gasteiger partial charge in [0, 0.05) is 45.5 Å². The lowest BCUT2D eigenvalue weighted by molar-refractivity contribution is -0.271. The van der Waals surface area contributed by atoms with Gasteiger partial charge in [0.25, 0.3) is 0 Å². The molecule has 0 aliphatic carbocycles. The minimum Gasteiger partial charge on any atom is -0.374 e. The zero-order valence-corrected chi connectivity index (χ0v) is 16.4. The minimum absolute atomic E-state index is 0.00484. The number of nitrogens with one attached hydrogen (secondary N) is 1. The van der Waals surface area contributed by atoms with E-state index in [1.165, 1.54) is 13.2 Å². The fourth-order valence-electron chi connectivity index (χ4n) is 3.50. The molecule has 1 unspecified atom stereocenters. The third kappa shape index (κ3) is 4.64. The molecule has 1 atom stereocenters. The van der Waals surface area contributed by atoms with Crippen molar-refractivity contribution in [2.45, 2.75) is 44.1 Å². The summed E-state index contributed by atoms with van der Waals surface area (Å²) in [5, 5.41) is 12.7. The van der Waals surface area contributed by atoms with Gasteiger partial charge < -0.3 is 19.9 Å². The molecule has 162 valence electrons.